The molecule has 0 aliphatic rings. The molecule has 0 unspecified atom stereocenters. The van der Waals surface area contributed by atoms with Gasteiger partial charge in [0.1, 0.15) is 18.1 Å². The highest BCUT2D eigenvalue weighted by atomic mass is 35.5. The molecule has 0 saturated carbocycles. The van der Waals surface area contributed by atoms with E-state index in [1.807, 2.05) is 42.8 Å². The maximum atomic E-state index is 12.8. The van der Waals surface area contributed by atoms with Crippen LogP contribution in [-0.4, -0.2) is 21.5 Å². The number of anilines is 1. The van der Waals surface area contributed by atoms with Crippen LogP contribution < -0.4 is 10.1 Å². The minimum atomic E-state index is -0.366. The van der Waals surface area contributed by atoms with Gasteiger partial charge >= 0.3 is 0 Å². The maximum Gasteiger partial charge on any atom is 0.291 e. The molecule has 0 fully saturated rings. The number of nitrogens with one attached hydrogen (secondary N) is 1. The molecule has 0 aliphatic carbocycles. The predicted octanol–water partition coefficient (Wildman–Crippen LogP) is 5.83. The molecule has 1 amide bonds. The first-order valence-corrected chi connectivity index (χ1v) is 11.1. The molecule has 7 nitrogen and oxygen atoms in total. The van der Waals surface area contributed by atoms with Gasteiger partial charge in [0.05, 0.1) is 23.6 Å². The van der Waals surface area contributed by atoms with Crippen LogP contribution in [0.4, 0.5) is 5.69 Å². The highest BCUT2D eigenvalue weighted by Gasteiger charge is 2.18. The molecule has 4 aromatic rings. The van der Waals surface area contributed by atoms with Crippen molar-refractivity contribution in [3.8, 4) is 5.75 Å². The van der Waals surface area contributed by atoms with Gasteiger partial charge in [-0.3, -0.25) is 14.3 Å². The summed E-state index contributed by atoms with van der Waals surface area (Å²) in [4.78, 5) is 24.2. The van der Waals surface area contributed by atoms with Crippen LogP contribution in [0.15, 0.2) is 65.1 Å². The standard InChI is InChI=1S/C26H24ClN3O4/c1-16-25(17(2)30(29-16)14-19-4-8-21(27)9-5-19)28-26(32)24-13-12-23(34-24)15-33-22-10-6-20(7-11-22)18(3)31/h4-13H,14-15H2,1-3H3,(H,28,32). The van der Waals surface area contributed by atoms with Crippen molar-refractivity contribution in [2.24, 2.45) is 0 Å². The average molecular weight is 478 g/mol. The number of aromatic nitrogens is 2. The Bertz CT molecular complexity index is 1320. The number of aryl methyl sites for hydroxylation is 1. The number of ketones is 1. The summed E-state index contributed by atoms with van der Waals surface area (Å²) in [6.07, 6.45) is 0. The fraction of sp³-hybridized carbons (Fsp3) is 0.192. The number of hydrogen-bond acceptors (Lipinski definition) is 5. The first-order chi connectivity index (χ1) is 16.3. The normalized spacial score (nSPS) is 10.8. The van der Waals surface area contributed by atoms with E-state index in [-0.39, 0.29) is 24.1 Å². The number of carbonyl (C=O) groups is 2. The van der Waals surface area contributed by atoms with E-state index in [1.165, 1.54) is 6.92 Å². The van der Waals surface area contributed by atoms with E-state index in [4.69, 9.17) is 20.8 Å². The van der Waals surface area contributed by atoms with Gasteiger partial charge in [-0.2, -0.15) is 5.10 Å². The zero-order chi connectivity index (χ0) is 24.2. The van der Waals surface area contributed by atoms with Crippen molar-refractivity contribution < 1.29 is 18.7 Å². The van der Waals surface area contributed by atoms with Gasteiger partial charge in [-0.25, -0.2) is 0 Å². The van der Waals surface area contributed by atoms with Crippen LogP contribution in [-0.2, 0) is 13.2 Å². The largest absolute Gasteiger partial charge is 0.486 e. The third kappa shape index (κ3) is 5.38. The molecular weight excluding hydrogens is 454 g/mol. The van der Waals surface area contributed by atoms with E-state index in [0.717, 1.165) is 11.3 Å². The van der Waals surface area contributed by atoms with Crippen molar-refractivity contribution in [1.29, 1.82) is 0 Å². The smallest absolute Gasteiger partial charge is 0.291 e. The number of rotatable bonds is 8. The topological polar surface area (TPSA) is 86.4 Å². The van der Waals surface area contributed by atoms with Gasteiger partial charge in [0.15, 0.2) is 11.5 Å². The third-order valence-corrected chi connectivity index (χ3v) is 5.64. The quantitative estimate of drug-likeness (QED) is 0.323. The Kier molecular flexibility index (Phi) is 6.84. The Morgan fingerprint density at radius 3 is 2.41 bits per heavy atom. The zero-order valence-corrected chi connectivity index (χ0v) is 19.8. The van der Waals surface area contributed by atoms with Gasteiger partial charge in [-0.1, -0.05) is 23.7 Å². The van der Waals surface area contributed by atoms with Gasteiger partial charge in [0, 0.05) is 10.6 Å². The molecule has 0 atom stereocenters. The molecule has 4 rings (SSSR count). The van der Waals surface area contributed by atoms with Crippen molar-refractivity contribution in [3.05, 3.63) is 99.7 Å². The van der Waals surface area contributed by atoms with Crippen LogP contribution in [0.25, 0.3) is 0 Å². The van der Waals surface area contributed by atoms with Gasteiger partial charge in [-0.15, -0.1) is 0 Å². The Labute approximate surface area is 202 Å². The molecule has 0 bridgehead atoms. The van der Waals surface area contributed by atoms with E-state index in [9.17, 15) is 9.59 Å². The molecule has 0 aliphatic heterocycles. The van der Waals surface area contributed by atoms with Gasteiger partial charge in [0.25, 0.3) is 5.91 Å². The lowest BCUT2D eigenvalue weighted by molar-refractivity contribution is 0.0990. The summed E-state index contributed by atoms with van der Waals surface area (Å²) in [6, 6.07) is 17.7. The molecule has 2 heterocycles. The summed E-state index contributed by atoms with van der Waals surface area (Å²) >= 11 is 5.96. The number of benzene rings is 2. The fourth-order valence-electron chi connectivity index (χ4n) is 3.49. The molecule has 1 N–H and O–H groups in total. The lowest BCUT2D eigenvalue weighted by Gasteiger charge is -2.07. The second kappa shape index (κ2) is 9.97. The monoisotopic (exact) mass is 477 g/mol. The van der Waals surface area contributed by atoms with E-state index >= 15 is 0 Å². The average Bonchev–Trinajstić information content (AvgIpc) is 3.40. The molecular formula is C26H24ClN3O4. The van der Waals surface area contributed by atoms with Crippen LogP contribution in [0.3, 0.4) is 0 Å². The first kappa shape index (κ1) is 23.3. The summed E-state index contributed by atoms with van der Waals surface area (Å²) in [6.45, 7) is 5.99. The lowest BCUT2D eigenvalue weighted by Crippen LogP contribution is -2.12. The minimum Gasteiger partial charge on any atom is -0.486 e. The summed E-state index contributed by atoms with van der Waals surface area (Å²) in [5.41, 5.74) is 3.87. The minimum absolute atomic E-state index is 0.00534. The van der Waals surface area contributed by atoms with Crippen molar-refractivity contribution >= 4 is 29.0 Å². The first-order valence-electron chi connectivity index (χ1n) is 10.7. The van der Waals surface area contributed by atoms with Crippen molar-refractivity contribution in [1.82, 2.24) is 9.78 Å². The van der Waals surface area contributed by atoms with Crippen molar-refractivity contribution in [2.45, 2.75) is 33.9 Å². The summed E-state index contributed by atoms with van der Waals surface area (Å²) in [5.74, 6) is 0.915. The van der Waals surface area contributed by atoms with Crippen LogP contribution in [0.5, 0.6) is 5.75 Å². The number of ether oxygens (including phenoxy) is 1. The summed E-state index contributed by atoms with van der Waals surface area (Å²) in [5, 5.41) is 8.14. The molecule has 8 heteroatoms. The number of carbonyl (C=O) groups excluding carboxylic acids is 2. The lowest BCUT2D eigenvalue weighted by atomic mass is 10.1. The molecule has 2 aromatic carbocycles. The van der Waals surface area contributed by atoms with Crippen LogP contribution in [0.2, 0.25) is 5.02 Å². The molecule has 2 aromatic heterocycles. The van der Waals surface area contributed by atoms with Crippen LogP contribution >= 0.6 is 11.6 Å². The number of amides is 1. The van der Waals surface area contributed by atoms with E-state index in [0.29, 0.717) is 40.0 Å². The Morgan fingerprint density at radius 2 is 1.74 bits per heavy atom. The zero-order valence-electron chi connectivity index (χ0n) is 19.1. The fourth-order valence-corrected chi connectivity index (χ4v) is 3.61. The maximum absolute atomic E-state index is 12.8. The Hall–Kier alpha value is -3.84. The van der Waals surface area contributed by atoms with Crippen molar-refractivity contribution in [2.75, 3.05) is 5.32 Å². The number of hydrogen-bond donors (Lipinski definition) is 1. The molecule has 174 valence electrons. The van der Waals surface area contributed by atoms with E-state index in [1.54, 1.807) is 36.4 Å². The van der Waals surface area contributed by atoms with Crippen molar-refractivity contribution in [3.63, 3.8) is 0 Å². The molecule has 34 heavy (non-hydrogen) atoms. The van der Waals surface area contributed by atoms with Crippen LogP contribution in [0.1, 0.15) is 50.5 Å². The Balaban J connectivity index is 1.39. The number of Topliss-reactive ketones (excluding diaryl/α,β-unsaturated/α-hetero) is 1. The second-order valence-electron chi connectivity index (χ2n) is 7.92. The SMILES string of the molecule is CC(=O)c1ccc(OCc2ccc(C(=O)Nc3c(C)nn(Cc4ccc(Cl)cc4)c3C)o2)cc1. The van der Waals surface area contributed by atoms with Gasteiger partial charge in [0.2, 0.25) is 0 Å². The number of halogens is 1. The molecule has 0 radical (unpaired) electrons. The van der Waals surface area contributed by atoms with E-state index in [2.05, 4.69) is 10.4 Å². The van der Waals surface area contributed by atoms with Crippen LogP contribution in [0, 0.1) is 13.8 Å². The number of nitrogens with zero attached hydrogens (tertiary/aromatic N) is 2. The Morgan fingerprint density at radius 1 is 1.03 bits per heavy atom. The predicted molar refractivity (Wildman–Crippen MR) is 130 cm³/mol. The van der Waals surface area contributed by atoms with E-state index < -0.39 is 0 Å². The third-order valence-electron chi connectivity index (χ3n) is 5.39. The highest BCUT2D eigenvalue weighted by Crippen LogP contribution is 2.23. The number of furan rings is 1. The van der Waals surface area contributed by atoms with Gasteiger partial charge in [-0.05, 0) is 74.9 Å². The molecule has 0 spiro atoms. The highest BCUT2D eigenvalue weighted by molar-refractivity contribution is 6.30. The summed E-state index contributed by atoms with van der Waals surface area (Å²) < 4.78 is 13.2. The van der Waals surface area contributed by atoms with Gasteiger partial charge < -0.3 is 14.5 Å². The molecule has 0 saturated heterocycles. The second-order valence-corrected chi connectivity index (χ2v) is 8.36. The summed E-state index contributed by atoms with van der Waals surface area (Å²) in [7, 11) is 0.